The Morgan fingerprint density at radius 3 is 2.74 bits per heavy atom. The number of nitrogens with one attached hydrogen (secondary N) is 1. The summed E-state index contributed by atoms with van der Waals surface area (Å²) in [5, 5.41) is 4.30. The summed E-state index contributed by atoms with van der Waals surface area (Å²) < 4.78 is 13.0. The van der Waals surface area contributed by atoms with Gasteiger partial charge in [0.05, 0.1) is 42.5 Å². The second-order valence-corrected chi connectivity index (χ2v) is 10.1. The Kier molecular flexibility index (Phi) is 7.30. The SMILES string of the molecule is COC(=O)c1cnc(Nc2cc(N)c(N(C)CCN(C)C)cc2OC)nc1-c1cn2c3c(cccc13)CCC2. The van der Waals surface area contributed by atoms with E-state index in [1.54, 1.807) is 7.11 Å². The van der Waals surface area contributed by atoms with Crippen molar-refractivity contribution < 1.29 is 14.3 Å². The molecule has 204 valence electrons. The summed E-state index contributed by atoms with van der Waals surface area (Å²) >= 11 is 0. The van der Waals surface area contributed by atoms with Crippen molar-refractivity contribution in [2.45, 2.75) is 19.4 Å². The minimum Gasteiger partial charge on any atom is -0.494 e. The van der Waals surface area contributed by atoms with Gasteiger partial charge in [0.1, 0.15) is 11.3 Å². The number of aryl methyl sites for hydroxylation is 2. The van der Waals surface area contributed by atoms with E-state index < -0.39 is 5.97 Å². The molecular formula is C29H35N7O3. The summed E-state index contributed by atoms with van der Waals surface area (Å²) in [4.78, 5) is 26.2. The van der Waals surface area contributed by atoms with Crippen LogP contribution in [0.5, 0.6) is 5.75 Å². The maximum absolute atomic E-state index is 12.7. The van der Waals surface area contributed by atoms with Crippen molar-refractivity contribution in [3.05, 3.63) is 53.9 Å². The Morgan fingerprint density at radius 1 is 1.18 bits per heavy atom. The molecule has 3 N–H and O–H groups in total. The van der Waals surface area contributed by atoms with Gasteiger partial charge in [0.25, 0.3) is 0 Å². The highest BCUT2D eigenvalue weighted by atomic mass is 16.5. The molecule has 0 radical (unpaired) electrons. The van der Waals surface area contributed by atoms with E-state index in [9.17, 15) is 4.79 Å². The van der Waals surface area contributed by atoms with Crippen LogP contribution in [0.15, 0.2) is 42.7 Å². The van der Waals surface area contributed by atoms with Gasteiger partial charge >= 0.3 is 5.97 Å². The van der Waals surface area contributed by atoms with Gasteiger partial charge in [-0.2, -0.15) is 0 Å². The van der Waals surface area contributed by atoms with Gasteiger partial charge in [-0.25, -0.2) is 14.8 Å². The first kappa shape index (κ1) is 26.3. The maximum atomic E-state index is 12.7. The molecule has 5 rings (SSSR count). The fourth-order valence-corrected chi connectivity index (χ4v) is 5.13. The number of aromatic nitrogens is 3. The van der Waals surface area contributed by atoms with Gasteiger partial charge in [-0.3, -0.25) is 0 Å². The number of carbonyl (C=O) groups excluding carboxylic acids is 1. The molecule has 0 amide bonds. The third-order valence-electron chi connectivity index (χ3n) is 7.17. The number of likely N-dealkylation sites (N-methyl/N-ethyl adjacent to an activating group) is 2. The quantitative estimate of drug-likeness (QED) is 0.244. The second kappa shape index (κ2) is 10.8. The zero-order chi connectivity index (χ0) is 27.7. The van der Waals surface area contributed by atoms with Crippen LogP contribution in [0.1, 0.15) is 22.3 Å². The highest BCUT2D eigenvalue weighted by molar-refractivity contribution is 6.03. The average Bonchev–Trinajstić information content (AvgIpc) is 3.32. The molecule has 2 aromatic carbocycles. The van der Waals surface area contributed by atoms with Crippen molar-refractivity contribution in [3.63, 3.8) is 0 Å². The highest BCUT2D eigenvalue weighted by Crippen LogP contribution is 2.38. The predicted octanol–water partition coefficient (Wildman–Crippen LogP) is 4.16. The van der Waals surface area contributed by atoms with Gasteiger partial charge < -0.3 is 34.9 Å². The van der Waals surface area contributed by atoms with Gasteiger partial charge in [-0.15, -0.1) is 0 Å². The fourth-order valence-electron chi connectivity index (χ4n) is 5.13. The maximum Gasteiger partial charge on any atom is 0.341 e. The average molecular weight is 530 g/mol. The number of ether oxygens (including phenoxy) is 2. The molecule has 0 aliphatic carbocycles. The predicted molar refractivity (Wildman–Crippen MR) is 155 cm³/mol. The molecule has 1 aliphatic rings. The van der Waals surface area contributed by atoms with Crippen LogP contribution in [-0.2, 0) is 17.7 Å². The summed E-state index contributed by atoms with van der Waals surface area (Å²) in [6.45, 7) is 2.62. The van der Waals surface area contributed by atoms with Gasteiger partial charge in [0, 0.05) is 56.1 Å². The zero-order valence-electron chi connectivity index (χ0n) is 23.1. The van der Waals surface area contributed by atoms with Crippen LogP contribution in [0.25, 0.3) is 22.2 Å². The van der Waals surface area contributed by atoms with E-state index in [4.69, 9.17) is 20.2 Å². The fraction of sp³-hybridized carbons (Fsp3) is 0.345. The number of carbonyl (C=O) groups is 1. The standard InChI is InChI=1S/C29H35N7O3/c1-34(2)12-13-35(3)24-15-25(38-4)23(14-22(24)30)32-29-31-16-20(28(37)39-5)26(33-29)21-17-36-11-7-9-18-8-6-10-19(21)27(18)36/h6,8,10,14-17H,7,9,11-13,30H2,1-5H3,(H,31,32,33). The Bertz CT molecular complexity index is 1530. The number of hydrogen-bond acceptors (Lipinski definition) is 9. The van der Waals surface area contributed by atoms with Gasteiger partial charge in [0.2, 0.25) is 5.95 Å². The minimum absolute atomic E-state index is 0.302. The van der Waals surface area contributed by atoms with Crippen molar-refractivity contribution in [3.8, 4) is 17.0 Å². The first-order chi connectivity index (χ1) is 18.8. The lowest BCUT2D eigenvalue weighted by Gasteiger charge is -2.24. The third kappa shape index (κ3) is 5.07. The third-order valence-corrected chi connectivity index (χ3v) is 7.17. The summed E-state index contributed by atoms with van der Waals surface area (Å²) in [6, 6.07) is 10.0. The molecule has 3 heterocycles. The number of nitrogen functional groups attached to an aromatic ring is 1. The smallest absolute Gasteiger partial charge is 0.341 e. The van der Waals surface area contributed by atoms with Crippen LogP contribution in [-0.4, -0.2) is 73.9 Å². The molecule has 10 nitrogen and oxygen atoms in total. The van der Waals surface area contributed by atoms with Crippen molar-refractivity contribution in [1.82, 2.24) is 19.4 Å². The lowest BCUT2D eigenvalue weighted by molar-refractivity contribution is 0.0601. The number of rotatable bonds is 9. The Morgan fingerprint density at radius 2 is 2.00 bits per heavy atom. The highest BCUT2D eigenvalue weighted by Gasteiger charge is 2.23. The van der Waals surface area contributed by atoms with Gasteiger partial charge in [-0.1, -0.05) is 18.2 Å². The largest absolute Gasteiger partial charge is 0.494 e. The van der Waals surface area contributed by atoms with Crippen molar-refractivity contribution in [2.75, 3.05) is 64.4 Å². The summed E-state index contributed by atoms with van der Waals surface area (Å²) in [5.74, 6) is 0.427. The number of para-hydroxylation sites is 1. The first-order valence-corrected chi connectivity index (χ1v) is 13.0. The van der Waals surface area contributed by atoms with E-state index in [2.05, 4.69) is 49.1 Å². The summed E-state index contributed by atoms with van der Waals surface area (Å²) in [7, 11) is 9.05. The first-order valence-electron chi connectivity index (χ1n) is 13.0. The van der Waals surface area contributed by atoms with Crippen LogP contribution in [0.3, 0.4) is 0 Å². The summed E-state index contributed by atoms with van der Waals surface area (Å²) in [6.07, 6.45) is 5.68. The van der Waals surface area contributed by atoms with Crippen molar-refractivity contribution in [2.24, 2.45) is 0 Å². The van der Waals surface area contributed by atoms with E-state index in [0.29, 0.717) is 34.3 Å². The molecule has 0 spiro atoms. The molecule has 0 bridgehead atoms. The molecule has 0 saturated heterocycles. The molecule has 39 heavy (non-hydrogen) atoms. The van der Waals surface area contributed by atoms with Crippen LogP contribution in [0.4, 0.5) is 23.0 Å². The van der Waals surface area contributed by atoms with E-state index in [1.165, 1.54) is 24.4 Å². The molecule has 0 saturated carbocycles. The van der Waals surface area contributed by atoms with Crippen LogP contribution in [0.2, 0.25) is 0 Å². The van der Waals surface area contributed by atoms with E-state index in [-0.39, 0.29) is 0 Å². The molecule has 2 aromatic heterocycles. The number of methoxy groups -OCH3 is 2. The number of esters is 1. The zero-order valence-corrected chi connectivity index (χ0v) is 23.1. The van der Waals surface area contributed by atoms with Crippen LogP contribution >= 0.6 is 0 Å². The second-order valence-electron chi connectivity index (χ2n) is 10.1. The molecule has 10 heteroatoms. The van der Waals surface area contributed by atoms with Crippen LogP contribution < -0.4 is 20.7 Å². The lowest BCUT2D eigenvalue weighted by Crippen LogP contribution is -2.29. The van der Waals surface area contributed by atoms with E-state index >= 15 is 0 Å². The number of nitrogens with zero attached hydrogens (tertiary/aromatic N) is 5. The van der Waals surface area contributed by atoms with Crippen LogP contribution in [0, 0.1) is 0 Å². The van der Waals surface area contributed by atoms with Crippen molar-refractivity contribution >= 4 is 39.9 Å². The number of anilines is 4. The number of benzene rings is 2. The summed E-state index contributed by atoms with van der Waals surface area (Å²) in [5.41, 5.74) is 12.7. The molecule has 0 atom stereocenters. The Labute approximate surface area is 228 Å². The molecule has 0 fully saturated rings. The minimum atomic E-state index is -0.490. The van der Waals surface area contributed by atoms with Gasteiger partial charge in [-0.05, 0) is 38.6 Å². The number of hydrogen-bond donors (Lipinski definition) is 2. The van der Waals surface area contributed by atoms with Gasteiger partial charge in [0.15, 0.2) is 0 Å². The molecular weight excluding hydrogens is 494 g/mol. The van der Waals surface area contributed by atoms with Crippen molar-refractivity contribution in [1.29, 1.82) is 0 Å². The topological polar surface area (TPSA) is 111 Å². The number of nitrogens with two attached hydrogens (primary N) is 1. The molecule has 4 aromatic rings. The molecule has 0 unspecified atom stereocenters. The van der Waals surface area contributed by atoms with E-state index in [1.807, 2.05) is 33.3 Å². The van der Waals surface area contributed by atoms with E-state index in [0.717, 1.165) is 49.1 Å². The monoisotopic (exact) mass is 529 g/mol. The Hall–Kier alpha value is -4.31. The normalized spacial score (nSPS) is 12.6. The Balaban J connectivity index is 1.55. The lowest BCUT2D eigenvalue weighted by atomic mass is 10.0. The molecule has 1 aliphatic heterocycles.